The third kappa shape index (κ3) is 8.65. The van der Waals surface area contributed by atoms with Crippen molar-refractivity contribution in [2.75, 3.05) is 26.2 Å². The van der Waals surface area contributed by atoms with Gasteiger partial charge in [0.25, 0.3) is 0 Å². The van der Waals surface area contributed by atoms with Crippen LogP contribution in [0.15, 0.2) is 0 Å². The molecule has 0 spiro atoms. The van der Waals surface area contributed by atoms with Crippen molar-refractivity contribution in [3.8, 4) is 0 Å². The van der Waals surface area contributed by atoms with Crippen LogP contribution in [-0.4, -0.2) is 37.1 Å². The number of hydrogen-bond donors (Lipinski definition) is 1. The van der Waals surface area contributed by atoms with Crippen molar-refractivity contribution in [2.24, 2.45) is 5.92 Å². The predicted molar refractivity (Wildman–Crippen MR) is 85.7 cm³/mol. The topological polar surface area (TPSA) is 15.3 Å². The fourth-order valence-electron chi connectivity index (χ4n) is 3.04. The van der Waals surface area contributed by atoms with Crippen LogP contribution >= 0.6 is 0 Å². The van der Waals surface area contributed by atoms with Crippen molar-refractivity contribution in [1.82, 2.24) is 10.2 Å². The molecule has 1 aliphatic heterocycles. The minimum Gasteiger partial charge on any atom is -0.314 e. The molecule has 0 aromatic rings. The summed E-state index contributed by atoms with van der Waals surface area (Å²) in [5.74, 6) is 0.885. The zero-order chi connectivity index (χ0) is 13.9. The van der Waals surface area contributed by atoms with Crippen LogP contribution in [0.1, 0.15) is 72.1 Å². The van der Waals surface area contributed by atoms with E-state index in [0.717, 1.165) is 5.92 Å². The standard InChI is InChI=1S/C17H36N2/c1-4-5-6-7-8-9-12-19-13-10-11-17(15-19)14-18-16(2)3/h16-18H,4-15H2,1-3H3. The van der Waals surface area contributed by atoms with Crippen LogP contribution in [0, 0.1) is 5.92 Å². The summed E-state index contributed by atoms with van der Waals surface area (Å²) in [6.07, 6.45) is 11.3. The molecule has 2 nitrogen and oxygen atoms in total. The highest BCUT2D eigenvalue weighted by Crippen LogP contribution is 2.17. The number of nitrogens with one attached hydrogen (secondary N) is 1. The molecule has 0 saturated carbocycles. The molecule has 1 rings (SSSR count). The molecular formula is C17H36N2. The molecule has 1 N–H and O–H groups in total. The maximum atomic E-state index is 3.60. The Morgan fingerprint density at radius 2 is 1.84 bits per heavy atom. The molecule has 1 atom stereocenters. The first kappa shape index (κ1) is 17.0. The Balaban J connectivity index is 2.03. The largest absolute Gasteiger partial charge is 0.314 e. The van der Waals surface area contributed by atoms with Gasteiger partial charge in [-0.15, -0.1) is 0 Å². The second-order valence-electron chi connectivity index (χ2n) is 6.64. The third-order valence-electron chi connectivity index (χ3n) is 4.25. The van der Waals surface area contributed by atoms with E-state index < -0.39 is 0 Å². The SMILES string of the molecule is CCCCCCCCN1CCCC(CNC(C)C)C1. The summed E-state index contributed by atoms with van der Waals surface area (Å²) in [6, 6.07) is 0.633. The Morgan fingerprint density at radius 3 is 2.58 bits per heavy atom. The molecule has 1 fully saturated rings. The molecule has 0 radical (unpaired) electrons. The first-order valence-electron chi connectivity index (χ1n) is 8.68. The van der Waals surface area contributed by atoms with Crippen LogP contribution in [-0.2, 0) is 0 Å². The Labute approximate surface area is 121 Å². The second kappa shape index (κ2) is 10.7. The van der Waals surface area contributed by atoms with E-state index in [1.54, 1.807) is 0 Å². The number of piperidine rings is 1. The first-order valence-corrected chi connectivity index (χ1v) is 8.68. The van der Waals surface area contributed by atoms with E-state index in [1.165, 1.54) is 77.5 Å². The minimum absolute atomic E-state index is 0.633. The highest BCUT2D eigenvalue weighted by atomic mass is 15.1. The summed E-state index contributed by atoms with van der Waals surface area (Å²) in [5, 5.41) is 3.60. The summed E-state index contributed by atoms with van der Waals surface area (Å²) in [6.45, 7) is 12.0. The maximum Gasteiger partial charge on any atom is 0.00218 e. The lowest BCUT2D eigenvalue weighted by atomic mass is 9.97. The predicted octanol–water partition coefficient (Wildman–Crippen LogP) is 4.06. The van der Waals surface area contributed by atoms with E-state index in [0.29, 0.717) is 6.04 Å². The van der Waals surface area contributed by atoms with Gasteiger partial charge in [0.15, 0.2) is 0 Å². The molecule has 114 valence electrons. The van der Waals surface area contributed by atoms with Crippen molar-refractivity contribution in [3.05, 3.63) is 0 Å². The number of unbranched alkanes of at least 4 members (excludes halogenated alkanes) is 5. The lowest BCUT2D eigenvalue weighted by Crippen LogP contribution is -2.41. The zero-order valence-electron chi connectivity index (χ0n) is 13.6. The number of nitrogens with zero attached hydrogens (tertiary/aromatic N) is 1. The fraction of sp³-hybridized carbons (Fsp3) is 1.00. The van der Waals surface area contributed by atoms with Gasteiger partial charge in [0.2, 0.25) is 0 Å². The summed E-state index contributed by atoms with van der Waals surface area (Å²) in [7, 11) is 0. The van der Waals surface area contributed by atoms with Gasteiger partial charge < -0.3 is 10.2 Å². The summed E-state index contributed by atoms with van der Waals surface area (Å²) >= 11 is 0. The van der Waals surface area contributed by atoms with Crippen molar-refractivity contribution in [1.29, 1.82) is 0 Å². The number of hydrogen-bond acceptors (Lipinski definition) is 2. The third-order valence-corrected chi connectivity index (χ3v) is 4.25. The molecule has 0 aliphatic carbocycles. The van der Waals surface area contributed by atoms with Gasteiger partial charge >= 0.3 is 0 Å². The highest BCUT2D eigenvalue weighted by Gasteiger charge is 2.19. The summed E-state index contributed by atoms with van der Waals surface area (Å²) < 4.78 is 0. The van der Waals surface area contributed by atoms with E-state index in [9.17, 15) is 0 Å². The van der Waals surface area contributed by atoms with Gasteiger partial charge in [-0.2, -0.15) is 0 Å². The molecule has 2 heteroatoms. The Morgan fingerprint density at radius 1 is 1.11 bits per heavy atom. The van der Waals surface area contributed by atoms with E-state index in [2.05, 4.69) is 31.0 Å². The van der Waals surface area contributed by atoms with Gasteiger partial charge in [0, 0.05) is 12.6 Å². The van der Waals surface area contributed by atoms with Crippen LogP contribution in [0.4, 0.5) is 0 Å². The van der Waals surface area contributed by atoms with Gasteiger partial charge in [-0.25, -0.2) is 0 Å². The molecule has 19 heavy (non-hydrogen) atoms. The van der Waals surface area contributed by atoms with E-state index in [4.69, 9.17) is 0 Å². The molecule has 0 amide bonds. The monoisotopic (exact) mass is 268 g/mol. The van der Waals surface area contributed by atoms with Crippen LogP contribution < -0.4 is 5.32 Å². The molecular weight excluding hydrogens is 232 g/mol. The van der Waals surface area contributed by atoms with Crippen LogP contribution in [0.2, 0.25) is 0 Å². The normalized spacial score (nSPS) is 21.2. The summed E-state index contributed by atoms with van der Waals surface area (Å²) in [4.78, 5) is 2.70. The van der Waals surface area contributed by atoms with Crippen molar-refractivity contribution in [3.63, 3.8) is 0 Å². The Bertz CT molecular complexity index is 203. The van der Waals surface area contributed by atoms with Crippen LogP contribution in [0.25, 0.3) is 0 Å². The quantitative estimate of drug-likeness (QED) is 0.601. The first-order chi connectivity index (χ1) is 9.22. The maximum absolute atomic E-state index is 3.60. The molecule has 1 unspecified atom stereocenters. The Hall–Kier alpha value is -0.0800. The molecule has 1 aliphatic rings. The van der Waals surface area contributed by atoms with Crippen molar-refractivity contribution < 1.29 is 0 Å². The Kier molecular flexibility index (Phi) is 9.54. The van der Waals surface area contributed by atoms with Crippen LogP contribution in [0.3, 0.4) is 0 Å². The van der Waals surface area contributed by atoms with Gasteiger partial charge in [0.1, 0.15) is 0 Å². The minimum atomic E-state index is 0.633. The fourth-order valence-corrected chi connectivity index (χ4v) is 3.04. The molecule has 0 aromatic carbocycles. The lowest BCUT2D eigenvalue weighted by Gasteiger charge is -2.33. The second-order valence-corrected chi connectivity index (χ2v) is 6.64. The van der Waals surface area contributed by atoms with E-state index >= 15 is 0 Å². The van der Waals surface area contributed by atoms with E-state index in [1.807, 2.05) is 0 Å². The van der Waals surface area contributed by atoms with Crippen LogP contribution in [0.5, 0.6) is 0 Å². The average Bonchev–Trinajstić information content (AvgIpc) is 2.41. The van der Waals surface area contributed by atoms with Gasteiger partial charge in [0.05, 0.1) is 0 Å². The molecule has 1 saturated heterocycles. The van der Waals surface area contributed by atoms with E-state index in [-0.39, 0.29) is 0 Å². The van der Waals surface area contributed by atoms with Gasteiger partial charge in [-0.3, -0.25) is 0 Å². The van der Waals surface area contributed by atoms with Crippen molar-refractivity contribution in [2.45, 2.75) is 78.2 Å². The lowest BCUT2D eigenvalue weighted by molar-refractivity contribution is 0.168. The average molecular weight is 268 g/mol. The van der Waals surface area contributed by atoms with Gasteiger partial charge in [-0.1, -0.05) is 52.9 Å². The molecule has 0 bridgehead atoms. The number of rotatable bonds is 10. The van der Waals surface area contributed by atoms with Crippen molar-refractivity contribution >= 4 is 0 Å². The van der Waals surface area contributed by atoms with Gasteiger partial charge in [-0.05, 0) is 44.8 Å². The smallest absolute Gasteiger partial charge is 0.00218 e. The number of likely N-dealkylation sites (tertiary alicyclic amines) is 1. The molecule has 0 aromatic heterocycles. The summed E-state index contributed by atoms with van der Waals surface area (Å²) in [5.41, 5.74) is 0. The molecule has 1 heterocycles. The zero-order valence-corrected chi connectivity index (χ0v) is 13.6. The highest BCUT2D eigenvalue weighted by molar-refractivity contribution is 4.75.